The molecule has 0 radical (unpaired) electrons. The fourth-order valence-electron chi connectivity index (χ4n) is 3.31. The van der Waals surface area contributed by atoms with Gasteiger partial charge in [-0.1, -0.05) is 41.4 Å². The van der Waals surface area contributed by atoms with E-state index in [2.05, 4.69) is 56.6 Å². The van der Waals surface area contributed by atoms with E-state index in [1.165, 1.54) is 16.9 Å². The van der Waals surface area contributed by atoms with Gasteiger partial charge >= 0.3 is 0 Å². The number of thiophene rings is 1. The number of aryl methyl sites for hydroxylation is 2. The largest absolute Gasteiger partial charge is 0.303 e. The fraction of sp³-hybridized carbons (Fsp3) is 0.227. The predicted octanol–water partition coefficient (Wildman–Crippen LogP) is 5.83. The molecular formula is C22H21BrClN5OS. The van der Waals surface area contributed by atoms with Crippen molar-refractivity contribution >= 4 is 50.6 Å². The Morgan fingerprint density at radius 2 is 1.97 bits per heavy atom. The Labute approximate surface area is 198 Å². The molecule has 9 heteroatoms. The molecule has 0 bridgehead atoms. The van der Waals surface area contributed by atoms with Gasteiger partial charge in [0.05, 0.1) is 38.8 Å². The number of hydrogen-bond acceptors (Lipinski definition) is 4. The summed E-state index contributed by atoms with van der Waals surface area (Å²) < 4.78 is 4.40. The fourth-order valence-corrected chi connectivity index (χ4v) is 4.66. The standard InChI is InChI=1S/C22H21BrClN5OS/c1-13-5-4-6-16(7-13)9-28-11-18(23)21(27-28)25-22(30)19-8-17(12-31-19)10-29-15(3)20(24)14(2)26-29/h4-8,11-12H,9-10H2,1-3H3,(H,25,27,30). The summed E-state index contributed by atoms with van der Waals surface area (Å²) in [5, 5.41) is 14.5. The summed E-state index contributed by atoms with van der Waals surface area (Å²) in [6.45, 7) is 7.08. The van der Waals surface area contributed by atoms with Crippen molar-refractivity contribution in [2.24, 2.45) is 0 Å². The van der Waals surface area contributed by atoms with E-state index in [1.54, 1.807) is 4.68 Å². The molecule has 31 heavy (non-hydrogen) atoms. The van der Waals surface area contributed by atoms with Crippen LogP contribution in [0.2, 0.25) is 5.02 Å². The minimum absolute atomic E-state index is 0.191. The Hall–Kier alpha value is -2.42. The molecule has 160 valence electrons. The van der Waals surface area contributed by atoms with E-state index < -0.39 is 0 Å². The highest BCUT2D eigenvalue weighted by Gasteiger charge is 2.16. The molecule has 3 aromatic heterocycles. The van der Waals surface area contributed by atoms with Crippen LogP contribution in [-0.2, 0) is 13.1 Å². The molecule has 0 unspecified atom stereocenters. The minimum Gasteiger partial charge on any atom is -0.303 e. The minimum atomic E-state index is -0.191. The van der Waals surface area contributed by atoms with E-state index in [4.69, 9.17) is 11.6 Å². The number of rotatable bonds is 6. The maximum atomic E-state index is 12.8. The van der Waals surface area contributed by atoms with Crippen LogP contribution < -0.4 is 5.32 Å². The van der Waals surface area contributed by atoms with Crippen LogP contribution in [0.3, 0.4) is 0 Å². The monoisotopic (exact) mass is 517 g/mol. The van der Waals surface area contributed by atoms with Crippen molar-refractivity contribution in [3.8, 4) is 0 Å². The van der Waals surface area contributed by atoms with Crippen molar-refractivity contribution in [2.75, 3.05) is 5.32 Å². The van der Waals surface area contributed by atoms with Crippen LogP contribution in [0.1, 0.15) is 37.7 Å². The molecule has 1 amide bonds. The van der Waals surface area contributed by atoms with E-state index >= 15 is 0 Å². The summed E-state index contributed by atoms with van der Waals surface area (Å²) in [4.78, 5) is 13.4. The molecule has 0 saturated heterocycles. The van der Waals surface area contributed by atoms with Crippen LogP contribution >= 0.6 is 38.9 Å². The van der Waals surface area contributed by atoms with Crippen LogP contribution in [0.25, 0.3) is 0 Å². The second kappa shape index (κ2) is 8.98. The Kier molecular flexibility index (Phi) is 6.31. The molecule has 0 saturated carbocycles. The van der Waals surface area contributed by atoms with Gasteiger partial charge in [-0.15, -0.1) is 11.3 Å². The van der Waals surface area contributed by atoms with Crippen molar-refractivity contribution in [3.05, 3.63) is 84.4 Å². The third-order valence-corrected chi connectivity index (χ3v) is 6.98. The lowest BCUT2D eigenvalue weighted by atomic mass is 10.1. The second-order valence-electron chi connectivity index (χ2n) is 7.43. The highest BCUT2D eigenvalue weighted by atomic mass is 79.9. The number of carbonyl (C=O) groups is 1. The first-order valence-electron chi connectivity index (χ1n) is 9.67. The van der Waals surface area contributed by atoms with Gasteiger partial charge in [-0.05, 0) is 59.3 Å². The molecule has 4 rings (SSSR count). The van der Waals surface area contributed by atoms with E-state index in [0.29, 0.717) is 28.8 Å². The van der Waals surface area contributed by atoms with Gasteiger partial charge in [0, 0.05) is 6.20 Å². The molecule has 0 atom stereocenters. The Bertz CT molecular complexity index is 1260. The number of benzene rings is 1. The van der Waals surface area contributed by atoms with Crippen LogP contribution in [0.5, 0.6) is 0 Å². The van der Waals surface area contributed by atoms with E-state index in [-0.39, 0.29) is 5.91 Å². The molecule has 0 aliphatic carbocycles. The number of nitrogens with zero attached hydrogens (tertiary/aromatic N) is 4. The molecule has 0 spiro atoms. The number of carbonyl (C=O) groups excluding carboxylic acids is 1. The number of aromatic nitrogens is 4. The third kappa shape index (κ3) is 4.92. The molecule has 0 fully saturated rings. The predicted molar refractivity (Wildman–Crippen MR) is 128 cm³/mol. The van der Waals surface area contributed by atoms with Crippen molar-refractivity contribution in [3.63, 3.8) is 0 Å². The first-order chi connectivity index (χ1) is 14.8. The topological polar surface area (TPSA) is 64.7 Å². The number of hydrogen-bond donors (Lipinski definition) is 1. The second-order valence-corrected chi connectivity index (χ2v) is 9.57. The molecule has 1 N–H and O–H groups in total. The van der Waals surface area contributed by atoms with Crippen molar-refractivity contribution in [1.29, 1.82) is 0 Å². The lowest BCUT2D eigenvalue weighted by molar-refractivity contribution is 0.103. The number of nitrogens with one attached hydrogen (secondary N) is 1. The maximum Gasteiger partial charge on any atom is 0.266 e. The smallest absolute Gasteiger partial charge is 0.266 e. The van der Waals surface area contributed by atoms with E-state index in [1.807, 2.05) is 42.2 Å². The molecule has 0 aliphatic rings. The highest BCUT2D eigenvalue weighted by molar-refractivity contribution is 9.10. The first-order valence-corrected chi connectivity index (χ1v) is 11.7. The summed E-state index contributed by atoms with van der Waals surface area (Å²) in [6, 6.07) is 10.1. The van der Waals surface area contributed by atoms with Crippen molar-refractivity contribution < 1.29 is 4.79 Å². The van der Waals surface area contributed by atoms with Crippen molar-refractivity contribution in [2.45, 2.75) is 33.9 Å². The Morgan fingerprint density at radius 1 is 1.16 bits per heavy atom. The number of amides is 1. The Morgan fingerprint density at radius 3 is 2.68 bits per heavy atom. The van der Waals surface area contributed by atoms with Crippen LogP contribution in [-0.4, -0.2) is 25.5 Å². The van der Waals surface area contributed by atoms with Gasteiger partial charge in [-0.3, -0.25) is 14.2 Å². The zero-order chi connectivity index (χ0) is 22.1. The first kappa shape index (κ1) is 21.8. The third-order valence-electron chi connectivity index (χ3n) is 4.88. The number of anilines is 1. The lowest BCUT2D eigenvalue weighted by Crippen LogP contribution is -2.12. The van der Waals surface area contributed by atoms with Crippen LogP contribution in [0.4, 0.5) is 5.82 Å². The highest BCUT2D eigenvalue weighted by Crippen LogP contribution is 2.24. The summed E-state index contributed by atoms with van der Waals surface area (Å²) >= 11 is 11.1. The van der Waals surface area contributed by atoms with Gasteiger partial charge in [-0.25, -0.2) is 0 Å². The molecular weight excluding hydrogens is 498 g/mol. The van der Waals surface area contributed by atoms with Gasteiger partial charge < -0.3 is 5.32 Å². The SMILES string of the molecule is Cc1cccc(Cn2cc(Br)c(NC(=O)c3cc(Cn4nc(C)c(Cl)c4C)cs3)n2)c1. The molecule has 0 aliphatic heterocycles. The van der Waals surface area contributed by atoms with E-state index in [0.717, 1.165) is 27.0 Å². The van der Waals surface area contributed by atoms with E-state index in [9.17, 15) is 4.79 Å². The number of halogens is 2. The van der Waals surface area contributed by atoms with Gasteiger partial charge in [0.2, 0.25) is 0 Å². The molecule has 1 aromatic carbocycles. The average Bonchev–Trinajstić information content (AvgIpc) is 3.38. The normalized spacial score (nSPS) is 11.1. The van der Waals surface area contributed by atoms with Gasteiger partial charge in [0.1, 0.15) is 0 Å². The summed E-state index contributed by atoms with van der Waals surface area (Å²) in [5.41, 5.74) is 5.08. The molecule has 4 aromatic rings. The van der Waals surface area contributed by atoms with Crippen molar-refractivity contribution in [1.82, 2.24) is 19.6 Å². The average molecular weight is 519 g/mol. The molecule has 3 heterocycles. The Balaban J connectivity index is 1.44. The zero-order valence-corrected chi connectivity index (χ0v) is 20.5. The van der Waals surface area contributed by atoms with Gasteiger partial charge in [0.15, 0.2) is 5.82 Å². The zero-order valence-electron chi connectivity index (χ0n) is 17.3. The summed E-state index contributed by atoms with van der Waals surface area (Å²) in [5.74, 6) is 0.307. The summed E-state index contributed by atoms with van der Waals surface area (Å²) in [7, 11) is 0. The van der Waals surface area contributed by atoms with Gasteiger partial charge in [0.25, 0.3) is 5.91 Å². The maximum absolute atomic E-state index is 12.8. The quantitative estimate of drug-likeness (QED) is 0.349. The summed E-state index contributed by atoms with van der Waals surface area (Å²) in [6.07, 6.45) is 1.87. The lowest BCUT2D eigenvalue weighted by Gasteiger charge is -2.03. The van der Waals surface area contributed by atoms with Crippen LogP contribution in [0, 0.1) is 20.8 Å². The van der Waals surface area contributed by atoms with Crippen LogP contribution in [0.15, 0.2) is 46.4 Å². The molecule has 6 nitrogen and oxygen atoms in total. The van der Waals surface area contributed by atoms with Gasteiger partial charge in [-0.2, -0.15) is 10.2 Å².